The molecule has 3 rings (SSSR count). The lowest BCUT2D eigenvalue weighted by molar-refractivity contribution is 0.393. The Hall–Kier alpha value is -2.70. The SMILES string of the molecule is Cc1noc(C)c1-c1nc(-c2cnn(C)c2)cc(=O)[nH]1. The Balaban J connectivity index is 2.19. The molecule has 3 aromatic heterocycles. The quantitative estimate of drug-likeness (QED) is 0.761. The zero-order chi connectivity index (χ0) is 14.3. The zero-order valence-electron chi connectivity index (χ0n) is 11.3. The Morgan fingerprint density at radius 2 is 2.15 bits per heavy atom. The third-order valence-corrected chi connectivity index (χ3v) is 3.01. The van der Waals surface area contributed by atoms with Crippen LogP contribution in [0.3, 0.4) is 0 Å². The smallest absolute Gasteiger partial charge is 0.251 e. The van der Waals surface area contributed by atoms with Gasteiger partial charge >= 0.3 is 0 Å². The molecule has 0 saturated carbocycles. The van der Waals surface area contributed by atoms with Crippen molar-refractivity contribution in [1.29, 1.82) is 0 Å². The fourth-order valence-corrected chi connectivity index (χ4v) is 2.10. The summed E-state index contributed by atoms with van der Waals surface area (Å²) in [6, 6.07) is 1.44. The molecule has 7 heteroatoms. The number of aromatic nitrogens is 5. The lowest BCUT2D eigenvalue weighted by Crippen LogP contribution is -2.09. The summed E-state index contributed by atoms with van der Waals surface area (Å²) in [6.07, 6.45) is 3.47. The highest BCUT2D eigenvalue weighted by Crippen LogP contribution is 2.24. The van der Waals surface area contributed by atoms with Gasteiger partial charge in [0.15, 0.2) is 0 Å². The van der Waals surface area contributed by atoms with Gasteiger partial charge in [-0.05, 0) is 13.8 Å². The van der Waals surface area contributed by atoms with Crippen LogP contribution in [0.15, 0.2) is 27.8 Å². The molecule has 102 valence electrons. The minimum Gasteiger partial charge on any atom is -0.361 e. The van der Waals surface area contributed by atoms with Crippen LogP contribution in [-0.2, 0) is 7.05 Å². The molecule has 7 nitrogen and oxygen atoms in total. The van der Waals surface area contributed by atoms with E-state index >= 15 is 0 Å². The lowest BCUT2D eigenvalue weighted by atomic mass is 10.2. The Morgan fingerprint density at radius 1 is 1.35 bits per heavy atom. The van der Waals surface area contributed by atoms with Crippen molar-refractivity contribution < 1.29 is 4.52 Å². The number of hydrogen-bond donors (Lipinski definition) is 1. The van der Waals surface area contributed by atoms with E-state index in [0.717, 1.165) is 5.56 Å². The maximum atomic E-state index is 11.8. The van der Waals surface area contributed by atoms with Gasteiger partial charge in [0.05, 0.1) is 23.1 Å². The van der Waals surface area contributed by atoms with Crippen molar-refractivity contribution in [2.24, 2.45) is 7.05 Å². The first kappa shape index (κ1) is 12.3. The maximum Gasteiger partial charge on any atom is 0.251 e. The van der Waals surface area contributed by atoms with E-state index in [2.05, 4.69) is 20.2 Å². The second-order valence-electron chi connectivity index (χ2n) is 4.58. The fraction of sp³-hybridized carbons (Fsp3) is 0.231. The van der Waals surface area contributed by atoms with Crippen LogP contribution in [0.1, 0.15) is 11.5 Å². The fourth-order valence-electron chi connectivity index (χ4n) is 2.10. The van der Waals surface area contributed by atoms with E-state index in [0.29, 0.717) is 28.5 Å². The molecule has 1 N–H and O–H groups in total. The molecular formula is C13H13N5O2. The van der Waals surface area contributed by atoms with E-state index in [1.54, 1.807) is 24.0 Å². The summed E-state index contributed by atoms with van der Waals surface area (Å²) in [5, 5.41) is 7.96. The summed E-state index contributed by atoms with van der Waals surface area (Å²) in [7, 11) is 1.81. The van der Waals surface area contributed by atoms with Gasteiger partial charge in [-0.2, -0.15) is 5.10 Å². The molecule has 0 aromatic carbocycles. The van der Waals surface area contributed by atoms with Crippen molar-refractivity contribution in [2.45, 2.75) is 13.8 Å². The molecule has 0 aliphatic carbocycles. The molecule has 0 unspecified atom stereocenters. The van der Waals surface area contributed by atoms with Gasteiger partial charge in [0, 0.05) is 24.9 Å². The van der Waals surface area contributed by atoms with Crippen LogP contribution >= 0.6 is 0 Å². The Morgan fingerprint density at radius 3 is 2.75 bits per heavy atom. The van der Waals surface area contributed by atoms with Gasteiger partial charge in [-0.25, -0.2) is 4.98 Å². The average Bonchev–Trinajstić information content (AvgIpc) is 2.95. The van der Waals surface area contributed by atoms with Crippen LogP contribution in [0.4, 0.5) is 0 Å². The number of nitrogens with one attached hydrogen (secondary N) is 1. The Labute approximate surface area is 114 Å². The van der Waals surface area contributed by atoms with E-state index in [9.17, 15) is 4.79 Å². The van der Waals surface area contributed by atoms with Gasteiger partial charge in [0.1, 0.15) is 11.6 Å². The lowest BCUT2D eigenvalue weighted by Gasteiger charge is -2.02. The molecule has 0 spiro atoms. The van der Waals surface area contributed by atoms with Crippen molar-refractivity contribution >= 4 is 0 Å². The standard InChI is InChI=1S/C13H13N5O2/c1-7-12(8(2)20-17-7)13-15-10(4-11(19)16-13)9-5-14-18(3)6-9/h4-6H,1-3H3,(H,15,16,19). The van der Waals surface area contributed by atoms with Crippen LogP contribution in [0.2, 0.25) is 0 Å². The van der Waals surface area contributed by atoms with Gasteiger partial charge in [0.2, 0.25) is 0 Å². The first-order valence-electron chi connectivity index (χ1n) is 6.08. The molecule has 0 radical (unpaired) electrons. The minimum atomic E-state index is -0.228. The summed E-state index contributed by atoms with van der Waals surface area (Å²) >= 11 is 0. The van der Waals surface area contributed by atoms with Crippen molar-refractivity contribution in [3.63, 3.8) is 0 Å². The molecule has 0 fully saturated rings. The average molecular weight is 271 g/mol. The van der Waals surface area contributed by atoms with Crippen LogP contribution < -0.4 is 5.56 Å². The number of rotatable bonds is 2. The molecule has 3 aromatic rings. The van der Waals surface area contributed by atoms with Crippen LogP contribution in [-0.4, -0.2) is 24.9 Å². The van der Waals surface area contributed by atoms with Crippen molar-refractivity contribution in [3.8, 4) is 22.6 Å². The summed E-state index contributed by atoms with van der Waals surface area (Å²) in [6.45, 7) is 3.59. The monoisotopic (exact) mass is 271 g/mol. The Kier molecular flexibility index (Phi) is 2.74. The first-order chi connectivity index (χ1) is 9.54. The largest absolute Gasteiger partial charge is 0.361 e. The molecule has 0 saturated heterocycles. The third-order valence-electron chi connectivity index (χ3n) is 3.01. The summed E-state index contributed by atoms with van der Waals surface area (Å²) in [5.74, 6) is 1.07. The highest BCUT2D eigenvalue weighted by molar-refractivity contribution is 5.64. The van der Waals surface area contributed by atoms with E-state index in [-0.39, 0.29) is 5.56 Å². The second kappa shape index (κ2) is 4.44. The van der Waals surface area contributed by atoms with Crippen LogP contribution in [0.5, 0.6) is 0 Å². The van der Waals surface area contributed by atoms with Crippen molar-refractivity contribution in [1.82, 2.24) is 24.9 Å². The zero-order valence-corrected chi connectivity index (χ0v) is 11.3. The summed E-state index contributed by atoms with van der Waals surface area (Å²) < 4.78 is 6.77. The highest BCUT2D eigenvalue weighted by Gasteiger charge is 2.15. The highest BCUT2D eigenvalue weighted by atomic mass is 16.5. The predicted octanol–water partition coefficient (Wildman–Crippen LogP) is 1.44. The van der Waals surface area contributed by atoms with Crippen molar-refractivity contribution in [3.05, 3.63) is 40.3 Å². The number of H-pyrrole nitrogens is 1. The van der Waals surface area contributed by atoms with Gasteiger partial charge in [-0.15, -0.1) is 0 Å². The topological polar surface area (TPSA) is 89.6 Å². The molecule has 0 amide bonds. The van der Waals surface area contributed by atoms with E-state index in [1.807, 2.05) is 14.0 Å². The van der Waals surface area contributed by atoms with E-state index in [1.165, 1.54) is 6.07 Å². The van der Waals surface area contributed by atoms with Crippen LogP contribution in [0, 0.1) is 13.8 Å². The third kappa shape index (κ3) is 2.03. The molecule has 0 aliphatic heterocycles. The molecule has 0 bridgehead atoms. The summed E-state index contributed by atoms with van der Waals surface area (Å²) in [4.78, 5) is 19.0. The van der Waals surface area contributed by atoms with Crippen molar-refractivity contribution in [2.75, 3.05) is 0 Å². The van der Waals surface area contributed by atoms with E-state index < -0.39 is 0 Å². The summed E-state index contributed by atoms with van der Waals surface area (Å²) in [5.41, 5.74) is 2.53. The number of aryl methyl sites for hydroxylation is 3. The Bertz CT molecular complexity index is 808. The molecule has 20 heavy (non-hydrogen) atoms. The second-order valence-corrected chi connectivity index (χ2v) is 4.58. The first-order valence-corrected chi connectivity index (χ1v) is 6.08. The molecular weight excluding hydrogens is 258 g/mol. The molecule has 0 aliphatic rings. The maximum absolute atomic E-state index is 11.8. The van der Waals surface area contributed by atoms with Gasteiger partial charge in [-0.3, -0.25) is 9.48 Å². The minimum absolute atomic E-state index is 0.228. The van der Waals surface area contributed by atoms with Gasteiger partial charge in [-0.1, -0.05) is 5.16 Å². The van der Waals surface area contributed by atoms with Gasteiger partial charge in [0.25, 0.3) is 5.56 Å². The predicted molar refractivity (Wildman–Crippen MR) is 72.0 cm³/mol. The number of nitrogens with zero attached hydrogens (tertiary/aromatic N) is 4. The van der Waals surface area contributed by atoms with Crippen LogP contribution in [0.25, 0.3) is 22.6 Å². The number of hydrogen-bond acceptors (Lipinski definition) is 5. The van der Waals surface area contributed by atoms with E-state index in [4.69, 9.17) is 4.52 Å². The molecule has 3 heterocycles. The normalized spacial score (nSPS) is 10.9. The number of aromatic amines is 1. The van der Waals surface area contributed by atoms with Gasteiger partial charge < -0.3 is 9.51 Å². The molecule has 0 atom stereocenters.